The van der Waals surface area contributed by atoms with Crippen LogP contribution in [0, 0.1) is 5.82 Å². The average molecular weight is 533 g/mol. The summed E-state index contributed by atoms with van der Waals surface area (Å²) < 4.78 is 59.5. The van der Waals surface area contributed by atoms with Crippen LogP contribution < -0.4 is 5.32 Å². The molecule has 1 aliphatic rings. The fourth-order valence-electron chi connectivity index (χ4n) is 4.21. The SMILES string of the molecule is O=C(NCc1ncn2ccc(Cl)c(F)c12)c1cn(Cc2cn3cc(C4CC4)cc(C(F)(F)F)c3n2)nn1. The van der Waals surface area contributed by atoms with Gasteiger partial charge in [-0.25, -0.2) is 19.0 Å². The van der Waals surface area contributed by atoms with E-state index < -0.39 is 23.5 Å². The van der Waals surface area contributed by atoms with Gasteiger partial charge in [0.05, 0.1) is 47.6 Å². The van der Waals surface area contributed by atoms with Crippen LogP contribution in [-0.2, 0) is 19.3 Å². The summed E-state index contributed by atoms with van der Waals surface area (Å²) in [6.45, 7) is -0.0805. The van der Waals surface area contributed by atoms with Gasteiger partial charge in [-0.2, -0.15) is 13.2 Å². The van der Waals surface area contributed by atoms with Gasteiger partial charge in [0.1, 0.15) is 11.2 Å². The number of nitrogens with one attached hydrogen (secondary N) is 1. The van der Waals surface area contributed by atoms with Gasteiger partial charge in [-0.15, -0.1) is 5.10 Å². The highest BCUT2D eigenvalue weighted by molar-refractivity contribution is 6.31. The highest BCUT2D eigenvalue weighted by Crippen LogP contribution is 2.42. The van der Waals surface area contributed by atoms with Crippen LogP contribution in [0.15, 0.2) is 43.2 Å². The Kier molecular flexibility index (Phi) is 5.40. The Hall–Kier alpha value is -4.00. The van der Waals surface area contributed by atoms with E-state index in [9.17, 15) is 22.4 Å². The second kappa shape index (κ2) is 8.54. The van der Waals surface area contributed by atoms with Crippen LogP contribution in [0.5, 0.6) is 0 Å². The molecule has 0 aliphatic heterocycles. The van der Waals surface area contributed by atoms with Gasteiger partial charge in [0, 0.05) is 18.6 Å². The number of aromatic nitrogens is 7. The van der Waals surface area contributed by atoms with Crippen LogP contribution in [0.3, 0.4) is 0 Å². The molecule has 6 rings (SSSR count). The summed E-state index contributed by atoms with van der Waals surface area (Å²) in [5, 5.41) is 10.2. The highest BCUT2D eigenvalue weighted by Gasteiger charge is 2.36. The first-order valence-corrected chi connectivity index (χ1v) is 11.6. The molecule has 5 aromatic heterocycles. The highest BCUT2D eigenvalue weighted by atomic mass is 35.5. The summed E-state index contributed by atoms with van der Waals surface area (Å²) in [7, 11) is 0. The quantitative estimate of drug-likeness (QED) is 0.330. The maximum absolute atomic E-state index is 14.4. The molecule has 0 radical (unpaired) electrons. The van der Waals surface area contributed by atoms with Gasteiger partial charge in [-0.1, -0.05) is 16.8 Å². The molecule has 0 aromatic carbocycles. The average Bonchev–Trinajstić information content (AvgIpc) is 3.26. The Morgan fingerprint density at radius 3 is 2.76 bits per heavy atom. The molecule has 1 saturated carbocycles. The van der Waals surface area contributed by atoms with Crippen molar-refractivity contribution >= 4 is 28.7 Å². The molecule has 14 heteroatoms. The van der Waals surface area contributed by atoms with Crippen molar-refractivity contribution in [3.8, 4) is 0 Å². The van der Waals surface area contributed by atoms with E-state index in [4.69, 9.17) is 11.6 Å². The zero-order valence-electron chi connectivity index (χ0n) is 18.9. The Morgan fingerprint density at radius 2 is 2.00 bits per heavy atom. The van der Waals surface area contributed by atoms with E-state index >= 15 is 0 Å². The first kappa shape index (κ1) is 23.4. The van der Waals surface area contributed by atoms with Crippen molar-refractivity contribution in [2.45, 2.75) is 38.0 Å². The fraction of sp³-hybridized carbons (Fsp3) is 0.261. The molecule has 1 fully saturated rings. The molecule has 5 aromatic rings. The van der Waals surface area contributed by atoms with Gasteiger partial charge in [0.15, 0.2) is 11.5 Å². The Balaban J connectivity index is 1.19. The molecule has 0 bridgehead atoms. The van der Waals surface area contributed by atoms with Crippen LogP contribution in [0.1, 0.15) is 51.8 Å². The molecule has 190 valence electrons. The number of pyridine rings is 2. The van der Waals surface area contributed by atoms with Crippen molar-refractivity contribution in [3.63, 3.8) is 0 Å². The summed E-state index contributed by atoms with van der Waals surface area (Å²) in [5.41, 5.74) is 0.375. The molecule has 0 spiro atoms. The maximum atomic E-state index is 14.4. The van der Waals surface area contributed by atoms with E-state index in [1.807, 2.05) is 0 Å². The molecule has 0 atom stereocenters. The summed E-state index contributed by atoms with van der Waals surface area (Å²) in [6, 6.07) is 2.57. The summed E-state index contributed by atoms with van der Waals surface area (Å²) in [6.07, 6.45) is 4.69. The Morgan fingerprint density at radius 1 is 1.19 bits per heavy atom. The van der Waals surface area contributed by atoms with E-state index in [-0.39, 0.29) is 46.6 Å². The molecular weight excluding hydrogens is 516 g/mol. The summed E-state index contributed by atoms with van der Waals surface area (Å²) >= 11 is 5.84. The van der Waals surface area contributed by atoms with Crippen molar-refractivity contribution < 1.29 is 22.4 Å². The third-order valence-corrected chi connectivity index (χ3v) is 6.45. The van der Waals surface area contributed by atoms with E-state index in [2.05, 4.69) is 25.6 Å². The van der Waals surface area contributed by atoms with Gasteiger partial charge < -0.3 is 14.1 Å². The minimum absolute atomic E-state index is 0.00735. The zero-order chi connectivity index (χ0) is 25.9. The van der Waals surface area contributed by atoms with Gasteiger partial charge in [0.25, 0.3) is 5.91 Å². The number of hydrogen-bond acceptors (Lipinski definition) is 5. The van der Waals surface area contributed by atoms with Gasteiger partial charge in [-0.3, -0.25) is 4.79 Å². The molecular formula is C23H17ClF4N8O. The predicted octanol–water partition coefficient (Wildman–Crippen LogP) is 4.24. The van der Waals surface area contributed by atoms with E-state index in [0.717, 1.165) is 12.8 Å². The van der Waals surface area contributed by atoms with Crippen LogP contribution in [0.4, 0.5) is 17.6 Å². The van der Waals surface area contributed by atoms with E-state index in [1.54, 1.807) is 12.4 Å². The predicted molar refractivity (Wildman–Crippen MR) is 123 cm³/mol. The molecule has 1 N–H and O–H groups in total. The zero-order valence-corrected chi connectivity index (χ0v) is 19.6. The number of rotatable bonds is 6. The standard InChI is InChI=1S/C23H17ClF4N8O/c24-16-3-4-34-11-30-17(20(34)19(16)25)6-29-22(37)18-10-36(33-32-18)9-14-8-35-7-13(12-1-2-12)5-15(21(35)31-14)23(26,27)28/h3-5,7-8,10-12H,1-2,6,9H2,(H,29,37). The smallest absolute Gasteiger partial charge is 0.345 e. The van der Waals surface area contributed by atoms with Crippen molar-refractivity contribution in [1.82, 2.24) is 39.1 Å². The Bertz CT molecular complexity index is 1670. The van der Waals surface area contributed by atoms with Gasteiger partial charge in [0.2, 0.25) is 0 Å². The lowest BCUT2D eigenvalue weighted by Crippen LogP contribution is -2.23. The Labute approximate surface area is 210 Å². The first-order chi connectivity index (χ1) is 17.7. The van der Waals surface area contributed by atoms with E-state index in [1.165, 1.54) is 44.3 Å². The number of alkyl halides is 3. The van der Waals surface area contributed by atoms with Crippen LogP contribution >= 0.6 is 11.6 Å². The summed E-state index contributed by atoms with van der Waals surface area (Å²) in [5.74, 6) is -1.10. The van der Waals surface area contributed by atoms with Crippen LogP contribution in [0.2, 0.25) is 5.02 Å². The summed E-state index contributed by atoms with van der Waals surface area (Å²) in [4.78, 5) is 20.8. The van der Waals surface area contributed by atoms with Crippen LogP contribution in [0.25, 0.3) is 11.2 Å². The largest absolute Gasteiger partial charge is 0.419 e. The number of carbonyl (C=O) groups is 1. The van der Waals surface area contributed by atoms with Gasteiger partial charge >= 0.3 is 6.18 Å². The normalized spacial score (nSPS) is 14.1. The first-order valence-electron chi connectivity index (χ1n) is 11.2. The molecule has 0 unspecified atom stereocenters. The topological polar surface area (TPSA) is 94.4 Å². The number of fused-ring (bicyclic) bond motifs is 2. The van der Waals surface area contributed by atoms with Crippen molar-refractivity contribution in [3.05, 3.63) is 82.3 Å². The number of halogens is 5. The lowest BCUT2D eigenvalue weighted by molar-refractivity contribution is -0.136. The molecule has 0 saturated heterocycles. The second-order valence-electron chi connectivity index (χ2n) is 8.83. The van der Waals surface area contributed by atoms with Crippen molar-refractivity contribution in [1.29, 1.82) is 0 Å². The minimum Gasteiger partial charge on any atom is -0.345 e. The van der Waals surface area contributed by atoms with Crippen molar-refractivity contribution in [2.24, 2.45) is 0 Å². The molecule has 1 aliphatic carbocycles. The lowest BCUT2D eigenvalue weighted by atomic mass is 10.1. The number of nitrogens with zero attached hydrogens (tertiary/aromatic N) is 7. The molecule has 9 nitrogen and oxygen atoms in total. The number of carbonyl (C=O) groups excluding carboxylic acids is 1. The lowest BCUT2D eigenvalue weighted by Gasteiger charge is -2.10. The monoisotopic (exact) mass is 532 g/mol. The van der Waals surface area contributed by atoms with Crippen LogP contribution in [-0.4, -0.2) is 39.7 Å². The molecule has 5 heterocycles. The number of amides is 1. The van der Waals surface area contributed by atoms with E-state index in [0.29, 0.717) is 11.3 Å². The molecule has 37 heavy (non-hydrogen) atoms. The third-order valence-electron chi connectivity index (χ3n) is 6.16. The molecule has 1 amide bonds. The minimum atomic E-state index is -4.54. The number of imidazole rings is 2. The number of hydrogen-bond donors (Lipinski definition) is 1. The van der Waals surface area contributed by atoms with Gasteiger partial charge in [-0.05, 0) is 36.5 Å². The van der Waals surface area contributed by atoms with Crippen molar-refractivity contribution in [2.75, 3.05) is 0 Å². The maximum Gasteiger partial charge on any atom is 0.419 e. The second-order valence-corrected chi connectivity index (χ2v) is 9.24. The third kappa shape index (κ3) is 4.39. The fourth-order valence-corrected chi connectivity index (χ4v) is 4.36.